The summed E-state index contributed by atoms with van der Waals surface area (Å²) in [6.07, 6.45) is 3.13. The first-order valence-corrected chi connectivity index (χ1v) is 9.05. The first-order valence-electron chi connectivity index (χ1n) is 9.05. The van der Waals surface area contributed by atoms with Crippen molar-refractivity contribution in [3.63, 3.8) is 0 Å². The fourth-order valence-corrected chi connectivity index (χ4v) is 4.18. The van der Waals surface area contributed by atoms with Gasteiger partial charge in [-0.2, -0.15) is 5.10 Å². The van der Waals surface area contributed by atoms with Gasteiger partial charge in [0.2, 0.25) is 0 Å². The van der Waals surface area contributed by atoms with E-state index in [1.165, 1.54) is 25.0 Å². The van der Waals surface area contributed by atoms with Gasteiger partial charge in [0, 0.05) is 32.7 Å². The van der Waals surface area contributed by atoms with Crippen molar-refractivity contribution in [2.75, 3.05) is 31.1 Å². The van der Waals surface area contributed by atoms with Gasteiger partial charge < -0.3 is 4.90 Å². The number of aromatic nitrogens is 5. The van der Waals surface area contributed by atoms with Gasteiger partial charge in [-0.1, -0.05) is 30.3 Å². The number of hydrogen-bond donors (Lipinski definition) is 0. The summed E-state index contributed by atoms with van der Waals surface area (Å²) in [4.78, 5) is 8.90. The van der Waals surface area contributed by atoms with Gasteiger partial charge in [-0.3, -0.25) is 4.90 Å². The van der Waals surface area contributed by atoms with Crippen molar-refractivity contribution in [2.45, 2.75) is 6.54 Å². The molecule has 4 heterocycles. The van der Waals surface area contributed by atoms with Crippen LogP contribution in [0.2, 0.25) is 0 Å². The van der Waals surface area contributed by atoms with Crippen LogP contribution in [0.15, 0.2) is 55.1 Å². The van der Waals surface area contributed by atoms with E-state index >= 15 is 0 Å². The lowest BCUT2D eigenvalue weighted by atomic mass is 10.0. The van der Waals surface area contributed by atoms with Crippen LogP contribution in [0.3, 0.4) is 0 Å². The highest BCUT2D eigenvalue weighted by molar-refractivity contribution is 5.41. The Kier molecular flexibility index (Phi) is 3.86. The molecule has 2 saturated heterocycles. The molecular weight excluding hydrogens is 326 g/mol. The van der Waals surface area contributed by atoms with E-state index in [0.717, 1.165) is 37.3 Å². The average Bonchev–Trinajstić information content (AvgIpc) is 3.39. The molecule has 2 aromatic heterocycles. The van der Waals surface area contributed by atoms with E-state index in [0.29, 0.717) is 5.82 Å². The van der Waals surface area contributed by atoms with Crippen molar-refractivity contribution < 1.29 is 0 Å². The first-order chi connectivity index (χ1) is 12.8. The number of likely N-dealkylation sites (tertiary alicyclic amines) is 1. The minimum Gasteiger partial charge on any atom is -0.354 e. The molecule has 0 aliphatic carbocycles. The van der Waals surface area contributed by atoms with E-state index in [9.17, 15) is 0 Å². The largest absolute Gasteiger partial charge is 0.354 e. The Bertz CT molecular complexity index is 833. The predicted molar refractivity (Wildman–Crippen MR) is 97.9 cm³/mol. The lowest BCUT2D eigenvalue weighted by Gasteiger charge is -2.22. The molecule has 7 nitrogen and oxygen atoms in total. The van der Waals surface area contributed by atoms with Gasteiger partial charge in [-0.25, -0.2) is 9.67 Å². The number of rotatable bonds is 4. The number of benzene rings is 1. The molecule has 1 aromatic carbocycles. The molecule has 2 atom stereocenters. The van der Waals surface area contributed by atoms with Crippen molar-refractivity contribution in [1.82, 2.24) is 29.9 Å². The second kappa shape index (κ2) is 6.49. The fourth-order valence-electron chi connectivity index (χ4n) is 4.18. The Hall–Kier alpha value is -2.80. The summed E-state index contributed by atoms with van der Waals surface area (Å²) in [5, 5.41) is 12.8. The van der Waals surface area contributed by atoms with E-state index in [-0.39, 0.29) is 0 Å². The van der Waals surface area contributed by atoms with Crippen LogP contribution in [-0.4, -0.2) is 56.0 Å². The molecule has 3 aromatic rings. The SMILES string of the molecule is c1ccc(CN2C[C@@H]3CN(c4ccc(-n5cncn5)nn4)C[C@H]3C2)cc1. The molecule has 2 aliphatic rings. The summed E-state index contributed by atoms with van der Waals surface area (Å²) in [5.41, 5.74) is 1.40. The molecule has 0 amide bonds. The second-order valence-corrected chi connectivity index (χ2v) is 7.19. The quantitative estimate of drug-likeness (QED) is 0.715. The standard InChI is InChI=1S/C19H21N7/c1-2-4-15(5-3-1)8-24-9-16-11-25(12-17(16)10-24)18-6-7-19(23-22-18)26-14-20-13-21-26/h1-7,13-14,16-17H,8-12H2/t16-,17-/m1/s1. The molecule has 0 spiro atoms. The zero-order valence-corrected chi connectivity index (χ0v) is 14.5. The molecule has 7 heteroatoms. The molecule has 0 unspecified atom stereocenters. The van der Waals surface area contributed by atoms with Gasteiger partial charge >= 0.3 is 0 Å². The highest BCUT2D eigenvalue weighted by Gasteiger charge is 2.40. The van der Waals surface area contributed by atoms with Crippen molar-refractivity contribution in [3.05, 3.63) is 60.7 Å². The summed E-state index contributed by atoms with van der Waals surface area (Å²) < 4.78 is 1.62. The van der Waals surface area contributed by atoms with E-state index < -0.39 is 0 Å². The summed E-state index contributed by atoms with van der Waals surface area (Å²) in [5.74, 6) is 3.09. The van der Waals surface area contributed by atoms with Crippen LogP contribution in [0.1, 0.15) is 5.56 Å². The lowest BCUT2D eigenvalue weighted by molar-refractivity contribution is 0.309. The van der Waals surface area contributed by atoms with Crippen molar-refractivity contribution in [2.24, 2.45) is 11.8 Å². The summed E-state index contributed by atoms with van der Waals surface area (Å²) in [7, 11) is 0. The number of hydrogen-bond acceptors (Lipinski definition) is 6. The normalized spacial score (nSPS) is 22.7. The zero-order valence-electron chi connectivity index (χ0n) is 14.5. The minimum atomic E-state index is 0.694. The summed E-state index contributed by atoms with van der Waals surface area (Å²) in [6, 6.07) is 14.7. The molecule has 0 saturated carbocycles. The number of fused-ring (bicyclic) bond motifs is 1. The van der Waals surface area contributed by atoms with Gasteiger partial charge in [0.05, 0.1) is 0 Å². The maximum absolute atomic E-state index is 4.40. The zero-order chi connectivity index (χ0) is 17.3. The van der Waals surface area contributed by atoms with Crippen LogP contribution in [0.25, 0.3) is 5.82 Å². The Balaban J connectivity index is 1.21. The topological polar surface area (TPSA) is 63.0 Å². The van der Waals surface area contributed by atoms with Crippen LogP contribution in [0.4, 0.5) is 5.82 Å². The molecule has 5 rings (SSSR count). The van der Waals surface area contributed by atoms with Crippen LogP contribution in [0, 0.1) is 11.8 Å². The van der Waals surface area contributed by atoms with Gasteiger partial charge in [0.25, 0.3) is 0 Å². The van der Waals surface area contributed by atoms with Crippen LogP contribution in [-0.2, 0) is 6.54 Å². The minimum absolute atomic E-state index is 0.694. The molecule has 132 valence electrons. The average molecular weight is 347 g/mol. The van der Waals surface area contributed by atoms with Crippen LogP contribution < -0.4 is 4.90 Å². The molecule has 0 N–H and O–H groups in total. The predicted octanol–water partition coefficient (Wildman–Crippen LogP) is 1.63. The molecule has 0 bridgehead atoms. The van der Waals surface area contributed by atoms with Crippen molar-refractivity contribution >= 4 is 5.82 Å². The maximum atomic E-state index is 4.40. The Morgan fingerprint density at radius 3 is 2.23 bits per heavy atom. The second-order valence-electron chi connectivity index (χ2n) is 7.19. The van der Waals surface area contributed by atoms with E-state index in [1.54, 1.807) is 11.0 Å². The molecule has 26 heavy (non-hydrogen) atoms. The van der Waals surface area contributed by atoms with Crippen LogP contribution >= 0.6 is 0 Å². The molecule has 2 fully saturated rings. The number of nitrogens with zero attached hydrogens (tertiary/aromatic N) is 7. The summed E-state index contributed by atoms with van der Waals surface area (Å²) in [6.45, 7) is 5.52. The van der Waals surface area contributed by atoms with Gasteiger partial charge in [0.15, 0.2) is 11.6 Å². The van der Waals surface area contributed by atoms with Crippen molar-refractivity contribution in [3.8, 4) is 5.82 Å². The van der Waals surface area contributed by atoms with E-state index in [4.69, 9.17) is 0 Å². The van der Waals surface area contributed by atoms with Gasteiger partial charge in [0.1, 0.15) is 12.7 Å². The van der Waals surface area contributed by atoms with Crippen molar-refractivity contribution in [1.29, 1.82) is 0 Å². The smallest absolute Gasteiger partial charge is 0.177 e. The highest BCUT2D eigenvalue weighted by Crippen LogP contribution is 2.33. The third-order valence-electron chi connectivity index (χ3n) is 5.42. The monoisotopic (exact) mass is 347 g/mol. The maximum Gasteiger partial charge on any atom is 0.177 e. The van der Waals surface area contributed by atoms with E-state index in [2.05, 4.69) is 60.4 Å². The fraction of sp³-hybridized carbons (Fsp3) is 0.368. The summed E-state index contributed by atoms with van der Waals surface area (Å²) >= 11 is 0. The molecular formula is C19H21N7. The first kappa shape index (κ1) is 15.5. The Morgan fingerprint density at radius 1 is 0.846 bits per heavy atom. The Morgan fingerprint density at radius 2 is 1.58 bits per heavy atom. The molecule has 0 radical (unpaired) electrons. The highest BCUT2D eigenvalue weighted by atomic mass is 15.4. The third-order valence-corrected chi connectivity index (χ3v) is 5.42. The van der Waals surface area contributed by atoms with Crippen LogP contribution in [0.5, 0.6) is 0 Å². The molecule has 2 aliphatic heterocycles. The third kappa shape index (κ3) is 2.94. The van der Waals surface area contributed by atoms with E-state index in [1.807, 2.05) is 12.1 Å². The van der Waals surface area contributed by atoms with Gasteiger partial charge in [-0.15, -0.1) is 10.2 Å². The lowest BCUT2D eigenvalue weighted by Crippen LogP contribution is -2.29. The Labute approximate surface area is 152 Å². The van der Waals surface area contributed by atoms with Gasteiger partial charge in [-0.05, 0) is 29.5 Å². The number of anilines is 1.